The first-order valence-electron chi connectivity index (χ1n) is 4.00. The van der Waals surface area contributed by atoms with Crippen LogP contribution in [0.5, 0.6) is 0 Å². The molecule has 82 valence electrons. The summed E-state index contributed by atoms with van der Waals surface area (Å²) in [6.07, 6.45) is -4.43. The maximum absolute atomic E-state index is 12.2. The van der Waals surface area contributed by atoms with Crippen molar-refractivity contribution in [3.05, 3.63) is 29.8 Å². The minimum absolute atomic E-state index is 0.0917. The molecule has 1 aromatic rings. The first kappa shape index (κ1) is 11.4. The van der Waals surface area contributed by atoms with E-state index in [0.29, 0.717) is 0 Å². The molecule has 3 nitrogen and oxygen atoms in total. The Morgan fingerprint density at radius 3 is 2.60 bits per heavy atom. The largest absolute Gasteiger partial charge is 0.548 e. The van der Waals surface area contributed by atoms with Gasteiger partial charge in [-0.25, -0.2) is 0 Å². The Hall–Kier alpha value is -1.72. The second kappa shape index (κ2) is 4.20. The number of halogens is 3. The molecule has 0 bridgehead atoms. The molecule has 0 saturated carbocycles. The van der Waals surface area contributed by atoms with Gasteiger partial charge in [0.25, 0.3) is 0 Å². The van der Waals surface area contributed by atoms with E-state index in [9.17, 15) is 23.1 Å². The zero-order valence-electron chi connectivity index (χ0n) is 7.47. The number of carbonyl (C=O) groups is 1. The van der Waals surface area contributed by atoms with E-state index in [2.05, 4.69) is 5.32 Å². The highest BCUT2D eigenvalue weighted by Gasteiger charge is 2.30. The third kappa shape index (κ3) is 3.49. The molecule has 0 aliphatic carbocycles. The van der Waals surface area contributed by atoms with Crippen molar-refractivity contribution in [3.63, 3.8) is 0 Å². The molecule has 0 heterocycles. The first-order valence-corrected chi connectivity index (χ1v) is 4.00. The highest BCUT2D eigenvalue weighted by Crippen LogP contribution is 2.30. The summed E-state index contributed by atoms with van der Waals surface area (Å²) in [5.41, 5.74) is -0.736. The van der Waals surface area contributed by atoms with Crippen molar-refractivity contribution < 1.29 is 23.1 Å². The number of hydrogen-bond donors (Lipinski definition) is 1. The van der Waals surface area contributed by atoms with Gasteiger partial charge in [-0.2, -0.15) is 13.2 Å². The van der Waals surface area contributed by atoms with Gasteiger partial charge in [0.05, 0.1) is 18.1 Å². The van der Waals surface area contributed by atoms with E-state index in [4.69, 9.17) is 0 Å². The maximum atomic E-state index is 12.2. The van der Waals surface area contributed by atoms with Gasteiger partial charge in [0.1, 0.15) is 0 Å². The van der Waals surface area contributed by atoms with Crippen molar-refractivity contribution >= 4 is 11.7 Å². The van der Waals surface area contributed by atoms with Gasteiger partial charge in [0.15, 0.2) is 0 Å². The van der Waals surface area contributed by atoms with Crippen LogP contribution in [0.3, 0.4) is 0 Å². The second-order valence-corrected chi connectivity index (χ2v) is 2.80. The molecule has 1 N–H and O–H groups in total. The monoisotopic (exact) mass is 218 g/mol. The number of nitrogens with one attached hydrogen (secondary N) is 1. The highest BCUT2D eigenvalue weighted by atomic mass is 19.4. The zero-order valence-corrected chi connectivity index (χ0v) is 7.47. The van der Waals surface area contributed by atoms with Gasteiger partial charge in [-0.3, -0.25) is 0 Å². The van der Waals surface area contributed by atoms with Crippen LogP contribution in [0.15, 0.2) is 24.3 Å². The van der Waals surface area contributed by atoms with Crippen molar-refractivity contribution in [1.82, 2.24) is 0 Å². The fourth-order valence-electron chi connectivity index (χ4n) is 0.980. The lowest BCUT2D eigenvalue weighted by Crippen LogP contribution is -2.30. The molecule has 0 radical (unpaired) electrons. The van der Waals surface area contributed by atoms with Crippen LogP contribution < -0.4 is 10.4 Å². The van der Waals surface area contributed by atoms with Crippen LogP contribution in [0, 0.1) is 0 Å². The van der Waals surface area contributed by atoms with E-state index in [1.54, 1.807) is 0 Å². The predicted octanol–water partition coefficient (Wildman–Crippen LogP) is 0.867. The lowest BCUT2D eigenvalue weighted by Gasteiger charge is -2.10. The quantitative estimate of drug-likeness (QED) is 0.818. The van der Waals surface area contributed by atoms with Crippen molar-refractivity contribution in [2.24, 2.45) is 0 Å². The van der Waals surface area contributed by atoms with Gasteiger partial charge in [-0.15, -0.1) is 0 Å². The Balaban J connectivity index is 2.79. The summed E-state index contributed by atoms with van der Waals surface area (Å²) in [4.78, 5) is 10.1. The van der Waals surface area contributed by atoms with Gasteiger partial charge < -0.3 is 15.2 Å². The average Bonchev–Trinajstić information content (AvgIpc) is 2.14. The number of hydrogen-bond acceptors (Lipinski definition) is 3. The molecule has 0 spiro atoms. The van der Waals surface area contributed by atoms with Crippen LogP contribution >= 0.6 is 0 Å². The van der Waals surface area contributed by atoms with Crippen molar-refractivity contribution in [3.8, 4) is 0 Å². The minimum atomic E-state index is -4.43. The van der Waals surface area contributed by atoms with Gasteiger partial charge in [-0.1, -0.05) is 6.07 Å². The normalized spacial score (nSPS) is 11.1. The summed E-state index contributed by atoms with van der Waals surface area (Å²) in [5.74, 6) is -1.38. The van der Waals surface area contributed by atoms with Gasteiger partial charge in [0.2, 0.25) is 0 Å². The van der Waals surface area contributed by atoms with Crippen LogP contribution in [-0.4, -0.2) is 12.5 Å². The molecule has 0 aliphatic heterocycles. The highest BCUT2D eigenvalue weighted by molar-refractivity contribution is 5.70. The van der Waals surface area contributed by atoms with Crippen LogP contribution in [-0.2, 0) is 11.0 Å². The van der Waals surface area contributed by atoms with Gasteiger partial charge in [-0.05, 0) is 18.2 Å². The zero-order chi connectivity index (χ0) is 11.5. The van der Waals surface area contributed by atoms with Crippen LogP contribution in [0.4, 0.5) is 18.9 Å². The number of rotatable bonds is 3. The predicted molar refractivity (Wildman–Crippen MR) is 44.9 cm³/mol. The number of carboxylic acids is 1. The van der Waals surface area contributed by atoms with Gasteiger partial charge in [0, 0.05) is 5.69 Å². The smallest absolute Gasteiger partial charge is 0.416 e. The minimum Gasteiger partial charge on any atom is -0.548 e. The lowest BCUT2D eigenvalue weighted by molar-refractivity contribution is -0.302. The maximum Gasteiger partial charge on any atom is 0.416 e. The standard InChI is InChI=1S/C9H8F3NO2/c10-9(11,12)6-2-1-3-7(4-6)13-5-8(14)15/h1-4,13H,5H2,(H,14,15)/p-1. The Bertz CT molecular complexity index is 363. The molecule has 15 heavy (non-hydrogen) atoms. The lowest BCUT2D eigenvalue weighted by atomic mass is 10.2. The fourth-order valence-corrected chi connectivity index (χ4v) is 0.980. The Morgan fingerprint density at radius 2 is 2.07 bits per heavy atom. The number of carboxylic acid groups (broad SMARTS) is 1. The number of aliphatic carboxylic acids is 1. The Kier molecular flexibility index (Phi) is 3.18. The van der Waals surface area contributed by atoms with E-state index < -0.39 is 24.3 Å². The summed E-state index contributed by atoms with van der Waals surface area (Å²) >= 11 is 0. The summed E-state index contributed by atoms with van der Waals surface area (Å²) in [6, 6.07) is 4.28. The molecule has 6 heteroatoms. The number of carbonyl (C=O) groups excluding carboxylic acids is 1. The third-order valence-electron chi connectivity index (χ3n) is 1.63. The summed E-state index contributed by atoms with van der Waals surface area (Å²) in [7, 11) is 0. The molecular formula is C9H7F3NO2-. The molecule has 0 fully saturated rings. The van der Waals surface area contributed by atoms with E-state index in [1.165, 1.54) is 12.1 Å². The molecule has 0 atom stereocenters. The van der Waals surface area contributed by atoms with E-state index in [-0.39, 0.29) is 5.69 Å². The van der Waals surface area contributed by atoms with Crippen molar-refractivity contribution in [2.75, 3.05) is 11.9 Å². The molecule has 0 unspecified atom stereocenters. The Morgan fingerprint density at radius 1 is 1.40 bits per heavy atom. The molecule has 1 rings (SSSR count). The van der Waals surface area contributed by atoms with E-state index >= 15 is 0 Å². The molecule has 0 aliphatic rings. The molecule has 1 aromatic carbocycles. The van der Waals surface area contributed by atoms with Crippen molar-refractivity contribution in [2.45, 2.75) is 6.18 Å². The molecular weight excluding hydrogens is 211 g/mol. The van der Waals surface area contributed by atoms with Crippen LogP contribution in [0.2, 0.25) is 0 Å². The first-order chi connectivity index (χ1) is 6.89. The molecule has 0 saturated heterocycles. The second-order valence-electron chi connectivity index (χ2n) is 2.80. The van der Waals surface area contributed by atoms with E-state index in [1.807, 2.05) is 0 Å². The topological polar surface area (TPSA) is 52.2 Å². The number of anilines is 1. The average molecular weight is 218 g/mol. The van der Waals surface area contributed by atoms with Crippen LogP contribution in [0.25, 0.3) is 0 Å². The van der Waals surface area contributed by atoms with Crippen molar-refractivity contribution in [1.29, 1.82) is 0 Å². The van der Waals surface area contributed by atoms with E-state index in [0.717, 1.165) is 12.1 Å². The summed E-state index contributed by atoms with van der Waals surface area (Å²) < 4.78 is 36.6. The van der Waals surface area contributed by atoms with Crippen LogP contribution in [0.1, 0.15) is 5.56 Å². The number of benzene rings is 1. The Labute approximate surface area is 83.5 Å². The third-order valence-corrected chi connectivity index (χ3v) is 1.63. The number of alkyl halides is 3. The summed E-state index contributed by atoms with van der Waals surface area (Å²) in [5, 5.41) is 12.4. The molecule has 0 amide bonds. The molecule has 0 aromatic heterocycles. The SMILES string of the molecule is O=C([O-])CNc1cccc(C(F)(F)F)c1. The van der Waals surface area contributed by atoms with Gasteiger partial charge >= 0.3 is 6.18 Å². The summed E-state index contributed by atoms with van der Waals surface area (Å²) in [6.45, 7) is -0.526. The fraction of sp³-hybridized carbons (Fsp3) is 0.222.